The summed E-state index contributed by atoms with van der Waals surface area (Å²) in [6.07, 6.45) is 0.460. The molecular weight excluding hydrogens is 158 g/mol. The predicted molar refractivity (Wildman–Crippen MR) is 33.5 cm³/mol. The first kappa shape index (κ1) is 7.64. The molecule has 1 rings (SSSR count). The molecule has 58 valence electrons. The molecule has 5 nitrogen and oxygen atoms in total. The highest BCUT2D eigenvalue weighted by Gasteiger charge is 2.37. The SMILES string of the molecule is O=C(O)C1CCN1S(=O)O. The quantitative estimate of drug-likeness (QED) is 0.529. The van der Waals surface area contributed by atoms with Crippen LogP contribution in [0.25, 0.3) is 0 Å². The van der Waals surface area contributed by atoms with E-state index in [1.54, 1.807) is 0 Å². The summed E-state index contributed by atoms with van der Waals surface area (Å²) in [6.45, 7) is 0.389. The normalized spacial score (nSPS) is 29.1. The van der Waals surface area contributed by atoms with Crippen LogP contribution in [0.15, 0.2) is 0 Å². The van der Waals surface area contributed by atoms with Gasteiger partial charge in [0.15, 0.2) is 0 Å². The Kier molecular flexibility index (Phi) is 2.02. The van der Waals surface area contributed by atoms with Gasteiger partial charge in [0.2, 0.25) is 11.3 Å². The van der Waals surface area contributed by atoms with Crippen LogP contribution in [0.3, 0.4) is 0 Å². The summed E-state index contributed by atoms with van der Waals surface area (Å²) in [6, 6.07) is -0.758. The lowest BCUT2D eigenvalue weighted by molar-refractivity contribution is -0.144. The number of aliphatic carboxylic acids is 1. The monoisotopic (exact) mass is 165 g/mol. The molecular formula is C4H7NO4S. The van der Waals surface area contributed by atoms with E-state index in [1.165, 1.54) is 0 Å². The number of carboxylic acids is 1. The van der Waals surface area contributed by atoms with Crippen molar-refractivity contribution in [1.29, 1.82) is 0 Å². The van der Waals surface area contributed by atoms with Gasteiger partial charge in [-0.2, -0.15) is 4.31 Å². The van der Waals surface area contributed by atoms with Crippen LogP contribution in [0.2, 0.25) is 0 Å². The number of carboxylic acid groups (broad SMARTS) is 1. The maximum absolute atomic E-state index is 10.3. The van der Waals surface area contributed by atoms with Crippen molar-refractivity contribution in [2.24, 2.45) is 0 Å². The summed E-state index contributed by atoms with van der Waals surface area (Å²) in [5, 5.41) is 8.37. The second-order valence-corrected chi connectivity index (χ2v) is 2.94. The Bertz CT molecular complexity index is 162. The van der Waals surface area contributed by atoms with Crippen molar-refractivity contribution in [3.8, 4) is 0 Å². The molecule has 0 aliphatic carbocycles. The fraction of sp³-hybridized carbons (Fsp3) is 0.750. The zero-order valence-electron chi connectivity index (χ0n) is 5.06. The molecule has 1 fully saturated rings. The maximum atomic E-state index is 10.3. The Hall–Kier alpha value is -0.460. The highest BCUT2D eigenvalue weighted by atomic mass is 32.2. The van der Waals surface area contributed by atoms with Crippen LogP contribution in [0, 0.1) is 0 Å². The summed E-state index contributed by atoms with van der Waals surface area (Å²) in [4.78, 5) is 10.2. The Labute approximate surface area is 60.1 Å². The minimum absolute atomic E-state index is 0.389. The van der Waals surface area contributed by atoms with Gasteiger partial charge in [0, 0.05) is 6.54 Å². The summed E-state index contributed by atoms with van der Waals surface area (Å²) < 4.78 is 19.7. The fourth-order valence-corrected chi connectivity index (χ4v) is 1.47. The van der Waals surface area contributed by atoms with Crippen molar-refractivity contribution in [3.05, 3.63) is 0 Å². The zero-order valence-corrected chi connectivity index (χ0v) is 5.87. The molecule has 0 bridgehead atoms. The number of hydrogen-bond donors (Lipinski definition) is 2. The van der Waals surface area contributed by atoms with Gasteiger partial charge < -0.3 is 5.11 Å². The molecule has 0 spiro atoms. The molecule has 2 N–H and O–H groups in total. The second-order valence-electron chi connectivity index (χ2n) is 2.01. The summed E-state index contributed by atoms with van der Waals surface area (Å²) in [5.74, 6) is -1.03. The van der Waals surface area contributed by atoms with Crippen molar-refractivity contribution >= 4 is 17.2 Å². The molecule has 0 saturated carbocycles. The first-order valence-electron chi connectivity index (χ1n) is 2.73. The molecule has 0 amide bonds. The molecule has 2 unspecified atom stereocenters. The lowest BCUT2D eigenvalue weighted by Gasteiger charge is -2.33. The third-order valence-electron chi connectivity index (χ3n) is 1.46. The van der Waals surface area contributed by atoms with Crippen LogP contribution in [0.1, 0.15) is 6.42 Å². The van der Waals surface area contributed by atoms with E-state index in [-0.39, 0.29) is 0 Å². The number of hydrogen-bond acceptors (Lipinski definition) is 2. The Balaban J connectivity index is 2.51. The van der Waals surface area contributed by atoms with Crippen molar-refractivity contribution < 1.29 is 18.7 Å². The predicted octanol–water partition coefficient (Wildman–Crippen LogP) is -0.718. The van der Waals surface area contributed by atoms with Crippen LogP contribution in [0.5, 0.6) is 0 Å². The van der Waals surface area contributed by atoms with E-state index in [1.807, 2.05) is 0 Å². The lowest BCUT2D eigenvalue weighted by Crippen LogP contribution is -2.52. The lowest BCUT2D eigenvalue weighted by atomic mass is 10.1. The van der Waals surface area contributed by atoms with Crippen LogP contribution in [0.4, 0.5) is 0 Å². The van der Waals surface area contributed by atoms with Crippen molar-refractivity contribution in [2.45, 2.75) is 12.5 Å². The van der Waals surface area contributed by atoms with Gasteiger partial charge in [-0.05, 0) is 6.42 Å². The highest BCUT2D eigenvalue weighted by Crippen LogP contribution is 2.18. The topological polar surface area (TPSA) is 77.8 Å². The average Bonchev–Trinajstić information content (AvgIpc) is 1.56. The third-order valence-corrected chi connectivity index (χ3v) is 2.29. The minimum Gasteiger partial charge on any atom is -0.480 e. The van der Waals surface area contributed by atoms with Gasteiger partial charge in [0.05, 0.1) is 0 Å². The fourth-order valence-electron chi connectivity index (χ4n) is 0.797. The van der Waals surface area contributed by atoms with Gasteiger partial charge >= 0.3 is 5.97 Å². The third kappa shape index (κ3) is 1.18. The molecule has 0 aromatic heterocycles. The van der Waals surface area contributed by atoms with Crippen LogP contribution in [-0.4, -0.2) is 36.7 Å². The van der Waals surface area contributed by atoms with Crippen LogP contribution >= 0.6 is 0 Å². The van der Waals surface area contributed by atoms with Gasteiger partial charge in [-0.25, -0.2) is 4.21 Å². The van der Waals surface area contributed by atoms with Gasteiger partial charge in [0.1, 0.15) is 6.04 Å². The van der Waals surface area contributed by atoms with E-state index in [4.69, 9.17) is 9.66 Å². The first-order chi connectivity index (χ1) is 4.63. The molecule has 1 heterocycles. The second kappa shape index (κ2) is 2.65. The van der Waals surface area contributed by atoms with Gasteiger partial charge in [-0.15, -0.1) is 0 Å². The molecule has 6 heteroatoms. The number of nitrogens with zero attached hydrogens (tertiary/aromatic N) is 1. The van der Waals surface area contributed by atoms with E-state index in [0.717, 1.165) is 4.31 Å². The van der Waals surface area contributed by atoms with E-state index in [9.17, 15) is 9.00 Å². The minimum atomic E-state index is -2.12. The standard InChI is InChI=1S/C4H7NO4S/c6-4(7)3-1-2-5(3)10(8)9/h3H,1-2H2,(H,6,7)(H,8,9). The van der Waals surface area contributed by atoms with Crippen LogP contribution < -0.4 is 0 Å². The van der Waals surface area contributed by atoms with Crippen LogP contribution in [-0.2, 0) is 16.1 Å². The van der Waals surface area contributed by atoms with E-state index < -0.39 is 23.3 Å². The molecule has 1 aliphatic rings. The Morgan fingerprint density at radius 2 is 2.30 bits per heavy atom. The zero-order chi connectivity index (χ0) is 7.72. The van der Waals surface area contributed by atoms with E-state index in [0.29, 0.717) is 13.0 Å². The summed E-state index contributed by atoms with van der Waals surface area (Å²) in [5.41, 5.74) is 0. The molecule has 0 aromatic rings. The smallest absolute Gasteiger partial charge is 0.322 e. The molecule has 1 saturated heterocycles. The first-order valence-corrected chi connectivity index (χ1v) is 3.79. The van der Waals surface area contributed by atoms with Gasteiger partial charge in [-0.1, -0.05) is 0 Å². The van der Waals surface area contributed by atoms with Crippen molar-refractivity contribution in [1.82, 2.24) is 4.31 Å². The number of carbonyl (C=O) groups is 1. The Morgan fingerprint density at radius 3 is 2.40 bits per heavy atom. The number of rotatable bonds is 2. The Morgan fingerprint density at radius 1 is 1.70 bits per heavy atom. The summed E-state index contributed by atoms with van der Waals surface area (Å²) >= 11 is -2.12. The molecule has 0 aromatic carbocycles. The molecule has 1 aliphatic heterocycles. The summed E-state index contributed by atoms with van der Waals surface area (Å²) in [7, 11) is 0. The van der Waals surface area contributed by atoms with Crippen molar-refractivity contribution in [2.75, 3.05) is 6.54 Å². The van der Waals surface area contributed by atoms with E-state index in [2.05, 4.69) is 0 Å². The van der Waals surface area contributed by atoms with Gasteiger partial charge in [0.25, 0.3) is 0 Å². The van der Waals surface area contributed by atoms with E-state index >= 15 is 0 Å². The average molecular weight is 165 g/mol. The largest absolute Gasteiger partial charge is 0.480 e. The van der Waals surface area contributed by atoms with Crippen molar-refractivity contribution in [3.63, 3.8) is 0 Å². The van der Waals surface area contributed by atoms with Gasteiger partial charge in [-0.3, -0.25) is 9.35 Å². The molecule has 10 heavy (non-hydrogen) atoms. The maximum Gasteiger partial charge on any atom is 0.322 e. The molecule has 0 radical (unpaired) electrons. The molecule has 2 atom stereocenters. The highest BCUT2D eigenvalue weighted by molar-refractivity contribution is 7.76.